The van der Waals surface area contributed by atoms with Gasteiger partial charge in [0, 0.05) is 19.5 Å². The summed E-state index contributed by atoms with van der Waals surface area (Å²) in [4.78, 5) is 22.2. The third-order valence-corrected chi connectivity index (χ3v) is 3.17. The lowest BCUT2D eigenvalue weighted by Crippen LogP contribution is -2.59. The second-order valence-corrected chi connectivity index (χ2v) is 5.56. The van der Waals surface area contributed by atoms with E-state index in [0.29, 0.717) is 0 Å². The molecule has 0 saturated carbocycles. The molecule has 0 aliphatic carbocycles. The number of amides is 2. The van der Waals surface area contributed by atoms with E-state index in [0.717, 1.165) is 32.0 Å². The molecule has 0 aromatic heterocycles. The standard InChI is InChI=1S/C15H14F8N2O3/c1-7(26)24-9-3-4-11(10(5-9)25-8(2)27)28-6-13(18,19)15(22,23)14(20,21)12(16)17/h3-5,12H,6H2,1-2H3,(H,24,26)(H,25,27). The second-order valence-electron chi connectivity index (χ2n) is 5.56. The molecule has 0 aliphatic rings. The molecule has 0 aliphatic heterocycles. The van der Waals surface area contributed by atoms with E-state index in [4.69, 9.17) is 0 Å². The van der Waals surface area contributed by atoms with Crippen molar-refractivity contribution in [1.29, 1.82) is 0 Å². The molecule has 0 atom stereocenters. The molecule has 2 N–H and O–H groups in total. The molecule has 2 amide bonds. The Morgan fingerprint density at radius 1 is 1.00 bits per heavy atom. The Labute approximate surface area is 153 Å². The molecule has 0 heterocycles. The van der Waals surface area contributed by atoms with E-state index in [2.05, 4.69) is 15.4 Å². The van der Waals surface area contributed by atoms with E-state index in [1.54, 1.807) is 0 Å². The first-order valence-electron chi connectivity index (χ1n) is 7.35. The monoisotopic (exact) mass is 422 g/mol. The molecule has 13 heteroatoms. The van der Waals surface area contributed by atoms with Gasteiger partial charge in [0.1, 0.15) is 5.75 Å². The van der Waals surface area contributed by atoms with Crippen molar-refractivity contribution < 1.29 is 49.4 Å². The van der Waals surface area contributed by atoms with Gasteiger partial charge in [0.2, 0.25) is 11.8 Å². The highest BCUT2D eigenvalue weighted by Gasteiger charge is 2.75. The summed E-state index contributed by atoms with van der Waals surface area (Å²) in [5.41, 5.74) is -0.302. The van der Waals surface area contributed by atoms with Crippen molar-refractivity contribution in [2.75, 3.05) is 17.2 Å². The number of rotatable bonds is 8. The van der Waals surface area contributed by atoms with E-state index >= 15 is 0 Å². The van der Waals surface area contributed by atoms with Crippen LogP contribution in [0.25, 0.3) is 0 Å². The van der Waals surface area contributed by atoms with Crippen LogP contribution in [0.5, 0.6) is 5.75 Å². The minimum Gasteiger partial charge on any atom is -0.485 e. The van der Waals surface area contributed by atoms with Gasteiger partial charge in [-0.1, -0.05) is 0 Å². The topological polar surface area (TPSA) is 67.4 Å². The fourth-order valence-corrected chi connectivity index (χ4v) is 1.86. The number of benzene rings is 1. The Kier molecular flexibility index (Phi) is 6.85. The first-order valence-corrected chi connectivity index (χ1v) is 7.35. The molecule has 0 saturated heterocycles. The molecule has 0 fully saturated rings. The largest absolute Gasteiger partial charge is 0.485 e. The maximum absolute atomic E-state index is 13.6. The molecule has 1 aromatic carbocycles. The number of nitrogens with one attached hydrogen (secondary N) is 2. The fraction of sp³-hybridized carbons (Fsp3) is 0.467. The molecular weight excluding hydrogens is 408 g/mol. The zero-order valence-corrected chi connectivity index (χ0v) is 14.3. The van der Waals surface area contributed by atoms with Crippen molar-refractivity contribution in [3.8, 4) is 5.75 Å². The fourth-order valence-electron chi connectivity index (χ4n) is 1.86. The Bertz CT molecular complexity index is 740. The van der Waals surface area contributed by atoms with E-state index in [-0.39, 0.29) is 11.4 Å². The highest BCUT2D eigenvalue weighted by molar-refractivity contribution is 5.93. The van der Waals surface area contributed by atoms with Gasteiger partial charge < -0.3 is 15.4 Å². The maximum atomic E-state index is 13.6. The SMILES string of the molecule is CC(=O)Nc1ccc(OCC(F)(F)C(F)(F)C(F)(F)C(F)F)c(NC(C)=O)c1. The normalized spacial score (nSPS) is 12.7. The lowest BCUT2D eigenvalue weighted by atomic mass is 10.1. The summed E-state index contributed by atoms with van der Waals surface area (Å²) in [5.74, 6) is -20.3. The summed E-state index contributed by atoms with van der Waals surface area (Å²) in [7, 11) is 0. The second kappa shape index (κ2) is 8.19. The lowest BCUT2D eigenvalue weighted by Gasteiger charge is -2.32. The Balaban J connectivity index is 3.13. The van der Waals surface area contributed by atoms with Gasteiger partial charge in [-0.25, -0.2) is 8.78 Å². The zero-order valence-electron chi connectivity index (χ0n) is 14.3. The number of alkyl halides is 8. The molecule has 28 heavy (non-hydrogen) atoms. The summed E-state index contributed by atoms with van der Waals surface area (Å²) < 4.78 is 108. The lowest BCUT2D eigenvalue weighted by molar-refractivity contribution is -0.342. The van der Waals surface area contributed by atoms with Gasteiger partial charge in [0.25, 0.3) is 0 Å². The summed E-state index contributed by atoms with van der Waals surface area (Å²) in [6, 6.07) is 2.96. The molecule has 5 nitrogen and oxygen atoms in total. The molecule has 1 rings (SSSR count). The number of ether oxygens (including phenoxy) is 1. The van der Waals surface area contributed by atoms with Crippen molar-refractivity contribution >= 4 is 23.2 Å². The zero-order chi connectivity index (χ0) is 21.9. The average Bonchev–Trinajstić information content (AvgIpc) is 2.52. The van der Waals surface area contributed by atoms with Crippen LogP contribution in [0.3, 0.4) is 0 Å². The van der Waals surface area contributed by atoms with E-state index in [1.165, 1.54) is 0 Å². The summed E-state index contributed by atoms with van der Waals surface area (Å²) in [5, 5.41) is 4.37. The smallest absolute Gasteiger partial charge is 0.381 e. The predicted octanol–water partition coefficient (Wildman–Crippen LogP) is 4.15. The third-order valence-electron chi connectivity index (χ3n) is 3.17. The first-order chi connectivity index (χ1) is 12.6. The molecule has 158 valence electrons. The van der Waals surface area contributed by atoms with Crippen LogP contribution in [-0.2, 0) is 9.59 Å². The third kappa shape index (κ3) is 5.01. The van der Waals surface area contributed by atoms with Crippen LogP contribution in [-0.4, -0.2) is 42.6 Å². The average molecular weight is 422 g/mol. The van der Waals surface area contributed by atoms with Crippen molar-refractivity contribution in [2.24, 2.45) is 0 Å². The van der Waals surface area contributed by atoms with Gasteiger partial charge in [-0.3, -0.25) is 9.59 Å². The van der Waals surface area contributed by atoms with Crippen LogP contribution in [0.1, 0.15) is 13.8 Å². The van der Waals surface area contributed by atoms with Gasteiger partial charge in [-0.05, 0) is 18.2 Å². The van der Waals surface area contributed by atoms with Crippen molar-refractivity contribution in [3.05, 3.63) is 18.2 Å². The van der Waals surface area contributed by atoms with Gasteiger partial charge in [0.05, 0.1) is 5.69 Å². The van der Waals surface area contributed by atoms with Crippen LogP contribution < -0.4 is 15.4 Å². The molecule has 0 unspecified atom stereocenters. The summed E-state index contributed by atoms with van der Waals surface area (Å²) in [6.45, 7) is -0.260. The molecule has 0 spiro atoms. The molecule has 1 aromatic rings. The van der Waals surface area contributed by atoms with Crippen molar-refractivity contribution in [2.45, 2.75) is 38.0 Å². The van der Waals surface area contributed by atoms with Gasteiger partial charge in [-0.15, -0.1) is 0 Å². The Hall–Kier alpha value is -2.60. The minimum atomic E-state index is -6.42. The number of hydrogen-bond acceptors (Lipinski definition) is 3. The van der Waals surface area contributed by atoms with Gasteiger partial charge in [0.15, 0.2) is 6.61 Å². The number of anilines is 2. The van der Waals surface area contributed by atoms with E-state index < -0.39 is 48.4 Å². The Morgan fingerprint density at radius 2 is 1.54 bits per heavy atom. The Morgan fingerprint density at radius 3 is 2.00 bits per heavy atom. The predicted molar refractivity (Wildman–Crippen MR) is 81.4 cm³/mol. The molecule has 0 bridgehead atoms. The highest BCUT2D eigenvalue weighted by atomic mass is 19.4. The van der Waals surface area contributed by atoms with Crippen LogP contribution in [0.2, 0.25) is 0 Å². The van der Waals surface area contributed by atoms with Crippen molar-refractivity contribution in [3.63, 3.8) is 0 Å². The molecule has 0 radical (unpaired) electrons. The van der Waals surface area contributed by atoms with E-state index in [1.807, 2.05) is 0 Å². The highest BCUT2D eigenvalue weighted by Crippen LogP contribution is 2.48. The first kappa shape index (κ1) is 23.4. The van der Waals surface area contributed by atoms with Crippen LogP contribution >= 0.6 is 0 Å². The van der Waals surface area contributed by atoms with Crippen molar-refractivity contribution in [1.82, 2.24) is 0 Å². The van der Waals surface area contributed by atoms with E-state index in [9.17, 15) is 44.7 Å². The maximum Gasteiger partial charge on any atom is 0.381 e. The molecular formula is C15H14F8N2O3. The number of carbonyl (C=O) groups is 2. The minimum absolute atomic E-state index is 0.0601. The number of carbonyl (C=O) groups excluding carboxylic acids is 2. The summed E-state index contributed by atoms with van der Waals surface area (Å²) in [6.07, 6.45) is -5.04. The van der Waals surface area contributed by atoms with Crippen LogP contribution in [0.4, 0.5) is 46.5 Å². The van der Waals surface area contributed by atoms with Gasteiger partial charge >= 0.3 is 24.2 Å². The van der Waals surface area contributed by atoms with Crippen LogP contribution in [0, 0.1) is 0 Å². The number of hydrogen-bond donors (Lipinski definition) is 2. The summed E-state index contributed by atoms with van der Waals surface area (Å²) >= 11 is 0. The quantitative estimate of drug-likeness (QED) is 0.619. The number of halogens is 8. The van der Waals surface area contributed by atoms with Crippen LogP contribution in [0.15, 0.2) is 18.2 Å². The van der Waals surface area contributed by atoms with Gasteiger partial charge in [-0.2, -0.15) is 26.3 Å².